The van der Waals surface area contributed by atoms with E-state index in [1.54, 1.807) is 6.20 Å². The molecule has 4 heteroatoms. The summed E-state index contributed by atoms with van der Waals surface area (Å²) in [5.41, 5.74) is 0.926. The molecule has 0 radical (unpaired) electrons. The monoisotopic (exact) mass is 230 g/mol. The van der Waals surface area contributed by atoms with Crippen molar-refractivity contribution in [3.05, 3.63) is 35.1 Å². The summed E-state index contributed by atoms with van der Waals surface area (Å²) in [5, 5.41) is 0. The predicted octanol–water partition coefficient (Wildman–Crippen LogP) is 2.90. The van der Waals surface area contributed by atoms with E-state index in [2.05, 4.69) is 9.97 Å². The molecular formula is C12H10N2OS. The van der Waals surface area contributed by atoms with E-state index in [1.807, 2.05) is 18.2 Å². The third kappa shape index (κ3) is 1.76. The van der Waals surface area contributed by atoms with Gasteiger partial charge in [-0.2, -0.15) is 0 Å². The second kappa shape index (κ2) is 3.79. The molecule has 0 atom stereocenters. The fourth-order valence-electron chi connectivity index (χ4n) is 1.60. The summed E-state index contributed by atoms with van der Waals surface area (Å²) < 4.78 is 0. The van der Waals surface area contributed by atoms with E-state index in [0.29, 0.717) is 5.92 Å². The van der Waals surface area contributed by atoms with E-state index in [0.717, 1.165) is 27.6 Å². The van der Waals surface area contributed by atoms with Gasteiger partial charge in [0.2, 0.25) is 0 Å². The maximum absolute atomic E-state index is 10.6. The van der Waals surface area contributed by atoms with E-state index in [-0.39, 0.29) is 0 Å². The molecule has 0 aliphatic heterocycles. The molecule has 0 bridgehead atoms. The van der Waals surface area contributed by atoms with Crippen LogP contribution in [0.5, 0.6) is 0 Å². The first kappa shape index (κ1) is 9.66. The highest BCUT2D eigenvalue weighted by atomic mass is 32.1. The Morgan fingerprint density at radius 3 is 2.88 bits per heavy atom. The first-order valence-corrected chi connectivity index (χ1v) is 6.07. The van der Waals surface area contributed by atoms with Crippen molar-refractivity contribution in [3.8, 4) is 10.6 Å². The molecule has 3 rings (SSSR count). The summed E-state index contributed by atoms with van der Waals surface area (Å²) in [6, 6.07) is 5.66. The number of rotatable bonds is 3. The van der Waals surface area contributed by atoms with Crippen LogP contribution in [-0.2, 0) is 0 Å². The Bertz CT molecular complexity index is 531. The minimum absolute atomic E-state index is 0.561. The van der Waals surface area contributed by atoms with Gasteiger partial charge < -0.3 is 0 Å². The number of hydrogen-bond acceptors (Lipinski definition) is 4. The highest BCUT2D eigenvalue weighted by Gasteiger charge is 2.26. The standard InChI is InChI=1S/C12H10N2OS/c15-7-9-3-4-11(16-9)10-5-6-13-12(14-10)8-1-2-8/h3-8H,1-2H2. The van der Waals surface area contributed by atoms with Crippen LogP contribution >= 0.6 is 11.3 Å². The van der Waals surface area contributed by atoms with Gasteiger partial charge in [0, 0.05) is 12.1 Å². The molecule has 16 heavy (non-hydrogen) atoms. The molecule has 2 heterocycles. The maximum Gasteiger partial charge on any atom is 0.160 e. The van der Waals surface area contributed by atoms with Crippen molar-refractivity contribution in [2.75, 3.05) is 0 Å². The highest BCUT2D eigenvalue weighted by Crippen LogP contribution is 2.38. The summed E-state index contributed by atoms with van der Waals surface area (Å²) in [6.45, 7) is 0. The molecule has 0 spiro atoms. The van der Waals surface area contributed by atoms with Crippen LogP contribution in [0.15, 0.2) is 24.4 Å². The second-order valence-corrected chi connectivity index (χ2v) is 5.01. The average molecular weight is 230 g/mol. The Balaban J connectivity index is 1.98. The highest BCUT2D eigenvalue weighted by molar-refractivity contribution is 7.17. The first-order valence-electron chi connectivity index (χ1n) is 5.25. The van der Waals surface area contributed by atoms with Crippen molar-refractivity contribution in [2.45, 2.75) is 18.8 Å². The Labute approximate surface area is 97.2 Å². The third-order valence-corrected chi connectivity index (χ3v) is 3.65. The van der Waals surface area contributed by atoms with Crippen LogP contribution in [0.4, 0.5) is 0 Å². The Hall–Kier alpha value is -1.55. The maximum atomic E-state index is 10.6. The van der Waals surface area contributed by atoms with E-state index >= 15 is 0 Å². The van der Waals surface area contributed by atoms with Gasteiger partial charge in [0.05, 0.1) is 15.4 Å². The van der Waals surface area contributed by atoms with Crippen molar-refractivity contribution in [2.24, 2.45) is 0 Å². The van der Waals surface area contributed by atoms with Crippen LogP contribution in [0, 0.1) is 0 Å². The number of carbonyl (C=O) groups excluding carboxylic acids is 1. The van der Waals surface area contributed by atoms with Crippen molar-refractivity contribution in [3.63, 3.8) is 0 Å². The zero-order valence-corrected chi connectivity index (χ0v) is 9.41. The Morgan fingerprint density at radius 2 is 2.19 bits per heavy atom. The molecule has 1 saturated carbocycles. The van der Waals surface area contributed by atoms with Crippen LogP contribution in [-0.4, -0.2) is 16.3 Å². The number of aromatic nitrogens is 2. The molecule has 1 aliphatic rings. The van der Waals surface area contributed by atoms with Crippen LogP contribution in [0.25, 0.3) is 10.6 Å². The minimum atomic E-state index is 0.561. The smallest absolute Gasteiger partial charge is 0.160 e. The molecule has 0 N–H and O–H groups in total. The molecule has 1 fully saturated rings. The quantitative estimate of drug-likeness (QED) is 0.761. The summed E-state index contributed by atoms with van der Waals surface area (Å²) in [4.78, 5) is 21.2. The fraction of sp³-hybridized carbons (Fsp3) is 0.250. The lowest BCUT2D eigenvalue weighted by atomic mass is 10.3. The SMILES string of the molecule is O=Cc1ccc(-c2ccnc(C3CC3)n2)s1. The molecule has 1 aliphatic carbocycles. The van der Waals surface area contributed by atoms with Gasteiger partial charge in [-0.3, -0.25) is 4.79 Å². The zero-order chi connectivity index (χ0) is 11.0. The fourth-order valence-corrected chi connectivity index (χ4v) is 2.40. The van der Waals surface area contributed by atoms with Crippen molar-refractivity contribution in [1.29, 1.82) is 0 Å². The van der Waals surface area contributed by atoms with Crippen LogP contribution in [0.1, 0.15) is 34.3 Å². The summed E-state index contributed by atoms with van der Waals surface area (Å²) in [5.74, 6) is 1.50. The van der Waals surface area contributed by atoms with Crippen molar-refractivity contribution >= 4 is 17.6 Å². The lowest BCUT2D eigenvalue weighted by Crippen LogP contribution is -1.92. The summed E-state index contributed by atoms with van der Waals surface area (Å²) >= 11 is 1.47. The van der Waals surface area contributed by atoms with Gasteiger partial charge in [-0.1, -0.05) is 0 Å². The van der Waals surface area contributed by atoms with Gasteiger partial charge in [0.15, 0.2) is 6.29 Å². The molecular weight excluding hydrogens is 220 g/mol. The van der Waals surface area contributed by atoms with Gasteiger partial charge in [-0.05, 0) is 31.0 Å². The van der Waals surface area contributed by atoms with Crippen LogP contribution in [0.3, 0.4) is 0 Å². The van der Waals surface area contributed by atoms with Gasteiger partial charge in [-0.15, -0.1) is 11.3 Å². The summed E-state index contributed by atoms with van der Waals surface area (Å²) in [6.07, 6.45) is 5.08. The van der Waals surface area contributed by atoms with Crippen molar-refractivity contribution < 1.29 is 4.79 Å². The largest absolute Gasteiger partial charge is 0.297 e. The normalized spacial score (nSPS) is 15.0. The molecule has 0 unspecified atom stereocenters. The topological polar surface area (TPSA) is 42.9 Å². The lowest BCUT2D eigenvalue weighted by Gasteiger charge is -1.99. The molecule has 0 saturated heterocycles. The van der Waals surface area contributed by atoms with Gasteiger partial charge in [0.25, 0.3) is 0 Å². The zero-order valence-electron chi connectivity index (χ0n) is 8.59. The molecule has 0 amide bonds. The first-order chi connectivity index (χ1) is 7.86. The van der Waals surface area contributed by atoms with E-state index < -0.39 is 0 Å². The van der Waals surface area contributed by atoms with Gasteiger partial charge >= 0.3 is 0 Å². The van der Waals surface area contributed by atoms with Crippen LogP contribution < -0.4 is 0 Å². The number of carbonyl (C=O) groups is 1. The number of aldehydes is 1. The molecule has 2 aromatic heterocycles. The van der Waals surface area contributed by atoms with E-state index in [4.69, 9.17) is 0 Å². The Kier molecular flexibility index (Phi) is 2.29. The molecule has 2 aromatic rings. The molecule has 3 nitrogen and oxygen atoms in total. The molecule has 0 aromatic carbocycles. The predicted molar refractivity (Wildman–Crippen MR) is 62.7 cm³/mol. The van der Waals surface area contributed by atoms with Gasteiger partial charge in [-0.25, -0.2) is 9.97 Å². The Morgan fingerprint density at radius 1 is 1.31 bits per heavy atom. The lowest BCUT2D eigenvalue weighted by molar-refractivity contribution is 0.112. The molecule has 80 valence electrons. The van der Waals surface area contributed by atoms with E-state index in [9.17, 15) is 4.79 Å². The number of hydrogen-bond donors (Lipinski definition) is 0. The second-order valence-electron chi connectivity index (χ2n) is 3.89. The van der Waals surface area contributed by atoms with Crippen LogP contribution in [0.2, 0.25) is 0 Å². The summed E-state index contributed by atoms with van der Waals surface area (Å²) in [7, 11) is 0. The number of nitrogens with zero attached hydrogens (tertiary/aromatic N) is 2. The van der Waals surface area contributed by atoms with Crippen molar-refractivity contribution in [1.82, 2.24) is 9.97 Å². The third-order valence-electron chi connectivity index (χ3n) is 2.61. The minimum Gasteiger partial charge on any atom is -0.297 e. The van der Waals surface area contributed by atoms with Gasteiger partial charge in [0.1, 0.15) is 5.82 Å². The van der Waals surface area contributed by atoms with E-state index in [1.165, 1.54) is 24.2 Å². The average Bonchev–Trinajstić information content (AvgIpc) is 3.07. The number of thiophene rings is 1.